The van der Waals surface area contributed by atoms with Gasteiger partial charge in [0.15, 0.2) is 0 Å². The molecule has 0 saturated heterocycles. The zero-order valence-electron chi connectivity index (χ0n) is 10.6. The SMILES string of the molecule is OC[C@H](NCc1nc(-c2ccccc2)no1)C1CC1. The van der Waals surface area contributed by atoms with Gasteiger partial charge >= 0.3 is 0 Å². The molecule has 0 bridgehead atoms. The summed E-state index contributed by atoms with van der Waals surface area (Å²) in [7, 11) is 0. The third-order valence-electron chi connectivity index (χ3n) is 3.40. The number of benzene rings is 1. The topological polar surface area (TPSA) is 71.2 Å². The second kappa shape index (κ2) is 5.50. The summed E-state index contributed by atoms with van der Waals surface area (Å²) < 4.78 is 5.21. The maximum absolute atomic E-state index is 9.27. The molecule has 1 aliphatic rings. The van der Waals surface area contributed by atoms with Crippen LogP contribution in [-0.2, 0) is 6.54 Å². The van der Waals surface area contributed by atoms with E-state index in [-0.39, 0.29) is 12.6 Å². The number of nitrogens with zero attached hydrogens (tertiary/aromatic N) is 2. The fourth-order valence-electron chi connectivity index (χ4n) is 2.13. The molecule has 5 nitrogen and oxygen atoms in total. The molecular formula is C14H17N3O2. The molecule has 0 amide bonds. The predicted octanol–water partition coefficient (Wildman–Crippen LogP) is 1.60. The molecule has 0 spiro atoms. The zero-order chi connectivity index (χ0) is 13.1. The molecule has 0 radical (unpaired) electrons. The molecule has 0 unspecified atom stereocenters. The van der Waals surface area contributed by atoms with E-state index in [1.807, 2.05) is 30.3 Å². The molecule has 1 aliphatic carbocycles. The standard InChI is InChI=1S/C14H17N3O2/c18-9-12(10-6-7-10)15-8-13-16-14(17-19-13)11-4-2-1-3-5-11/h1-5,10,12,15,18H,6-9H2/t12-/m0/s1. The van der Waals surface area contributed by atoms with Crippen LogP contribution in [0.1, 0.15) is 18.7 Å². The van der Waals surface area contributed by atoms with Crippen molar-refractivity contribution in [1.82, 2.24) is 15.5 Å². The minimum atomic E-state index is 0.145. The summed E-state index contributed by atoms with van der Waals surface area (Å²) in [4.78, 5) is 4.34. The average Bonchev–Trinajstić information content (AvgIpc) is 3.18. The third-order valence-corrected chi connectivity index (χ3v) is 3.40. The van der Waals surface area contributed by atoms with Gasteiger partial charge in [0.25, 0.3) is 0 Å². The second-order valence-corrected chi connectivity index (χ2v) is 4.89. The van der Waals surface area contributed by atoms with E-state index in [1.54, 1.807) is 0 Å². The highest BCUT2D eigenvalue weighted by atomic mass is 16.5. The maximum Gasteiger partial charge on any atom is 0.240 e. The van der Waals surface area contributed by atoms with Gasteiger partial charge in [0, 0.05) is 11.6 Å². The molecule has 0 aliphatic heterocycles. The van der Waals surface area contributed by atoms with Gasteiger partial charge in [0.1, 0.15) is 0 Å². The third kappa shape index (κ3) is 3.00. The summed E-state index contributed by atoms with van der Waals surface area (Å²) in [5, 5.41) is 16.5. The largest absolute Gasteiger partial charge is 0.395 e. The van der Waals surface area contributed by atoms with Gasteiger partial charge in [-0.05, 0) is 18.8 Å². The monoisotopic (exact) mass is 259 g/mol. The van der Waals surface area contributed by atoms with Gasteiger partial charge < -0.3 is 14.9 Å². The molecule has 1 fully saturated rings. The Hall–Kier alpha value is -1.72. The zero-order valence-corrected chi connectivity index (χ0v) is 10.6. The Balaban J connectivity index is 1.62. The molecule has 1 aromatic carbocycles. The average molecular weight is 259 g/mol. The molecule has 19 heavy (non-hydrogen) atoms. The fourth-order valence-corrected chi connectivity index (χ4v) is 2.13. The lowest BCUT2D eigenvalue weighted by atomic mass is 10.2. The summed E-state index contributed by atoms with van der Waals surface area (Å²) >= 11 is 0. The van der Waals surface area contributed by atoms with E-state index < -0.39 is 0 Å². The molecule has 1 atom stereocenters. The maximum atomic E-state index is 9.27. The Morgan fingerprint density at radius 2 is 2.11 bits per heavy atom. The molecule has 100 valence electrons. The molecular weight excluding hydrogens is 242 g/mol. The first-order chi connectivity index (χ1) is 9.36. The minimum Gasteiger partial charge on any atom is -0.395 e. The van der Waals surface area contributed by atoms with Crippen molar-refractivity contribution < 1.29 is 9.63 Å². The summed E-state index contributed by atoms with van der Waals surface area (Å²) in [5.41, 5.74) is 0.943. The van der Waals surface area contributed by atoms with Crippen molar-refractivity contribution >= 4 is 0 Å². The van der Waals surface area contributed by atoms with E-state index in [0.29, 0.717) is 24.2 Å². The molecule has 2 N–H and O–H groups in total. The number of aromatic nitrogens is 2. The van der Waals surface area contributed by atoms with Gasteiger partial charge in [-0.3, -0.25) is 0 Å². The van der Waals surface area contributed by atoms with Crippen LogP contribution in [0.25, 0.3) is 11.4 Å². The Bertz CT molecular complexity index is 522. The van der Waals surface area contributed by atoms with E-state index in [1.165, 1.54) is 12.8 Å². The van der Waals surface area contributed by atoms with Gasteiger partial charge in [-0.1, -0.05) is 35.5 Å². The quantitative estimate of drug-likeness (QED) is 0.824. The molecule has 1 heterocycles. The van der Waals surface area contributed by atoms with Crippen LogP contribution in [0.4, 0.5) is 0 Å². The fraction of sp³-hybridized carbons (Fsp3) is 0.429. The number of aliphatic hydroxyl groups excluding tert-OH is 1. The van der Waals surface area contributed by atoms with Crippen molar-refractivity contribution in [3.05, 3.63) is 36.2 Å². The first kappa shape index (κ1) is 12.3. The van der Waals surface area contributed by atoms with Crippen molar-refractivity contribution in [2.75, 3.05) is 6.61 Å². The van der Waals surface area contributed by atoms with E-state index in [9.17, 15) is 5.11 Å². The smallest absolute Gasteiger partial charge is 0.240 e. The van der Waals surface area contributed by atoms with Crippen LogP contribution in [-0.4, -0.2) is 27.9 Å². The van der Waals surface area contributed by atoms with Gasteiger partial charge in [0.2, 0.25) is 11.7 Å². The highest BCUT2D eigenvalue weighted by Crippen LogP contribution is 2.32. The first-order valence-electron chi connectivity index (χ1n) is 6.59. The molecule has 1 aromatic heterocycles. The second-order valence-electron chi connectivity index (χ2n) is 4.89. The van der Waals surface area contributed by atoms with Crippen molar-refractivity contribution in [2.45, 2.75) is 25.4 Å². The Kier molecular flexibility index (Phi) is 3.57. The molecule has 5 heteroatoms. The van der Waals surface area contributed by atoms with E-state index >= 15 is 0 Å². The van der Waals surface area contributed by atoms with Crippen molar-refractivity contribution in [1.29, 1.82) is 0 Å². The van der Waals surface area contributed by atoms with Crippen molar-refractivity contribution in [2.24, 2.45) is 5.92 Å². The van der Waals surface area contributed by atoms with Crippen LogP contribution in [0.5, 0.6) is 0 Å². The summed E-state index contributed by atoms with van der Waals surface area (Å²) in [6.45, 7) is 0.659. The molecule has 1 saturated carbocycles. The normalized spacial score (nSPS) is 16.5. The van der Waals surface area contributed by atoms with Gasteiger partial charge in [0.05, 0.1) is 13.2 Å². The highest BCUT2D eigenvalue weighted by molar-refractivity contribution is 5.53. The number of nitrogens with one attached hydrogen (secondary N) is 1. The van der Waals surface area contributed by atoms with Crippen molar-refractivity contribution in [3.8, 4) is 11.4 Å². The van der Waals surface area contributed by atoms with Crippen LogP contribution >= 0.6 is 0 Å². The van der Waals surface area contributed by atoms with Crippen LogP contribution in [0.3, 0.4) is 0 Å². The summed E-state index contributed by atoms with van der Waals surface area (Å²) in [5.74, 6) is 1.75. The lowest BCUT2D eigenvalue weighted by molar-refractivity contribution is 0.222. The van der Waals surface area contributed by atoms with E-state index in [0.717, 1.165) is 5.56 Å². The van der Waals surface area contributed by atoms with Crippen LogP contribution < -0.4 is 5.32 Å². The summed E-state index contributed by atoms with van der Waals surface area (Å²) in [6, 6.07) is 9.88. The predicted molar refractivity (Wildman–Crippen MR) is 70.2 cm³/mol. The number of rotatable bonds is 6. The van der Waals surface area contributed by atoms with Crippen LogP contribution in [0.2, 0.25) is 0 Å². The van der Waals surface area contributed by atoms with Crippen LogP contribution in [0, 0.1) is 5.92 Å². The van der Waals surface area contributed by atoms with Crippen molar-refractivity contribution in [3.63, 3.8) is 0 Å². The van der Waals surface area contributed by atoms with Gasteiger partial charge in [-0.2, -0.15) is 4.98 Å². The summed E-state index contributed by atoms with van der Waals surface area (Å²) in [6.07, 6.45) is 2.38. The van der Waals surface area contributed by atoms with Crippen LogP contribution in [0.15, 0.2) is 34.9 Å². The van der Waals surface area contributed by atoms with E-state index in [2.05, 4.69) is 15.5 Å². The Morgan fingerprint density at radius 1 is 1.32 bits per heavy atom. The van der Waals surface area contributed by atoms with Gasteiger partial charge in [-0.15, -0.1) is 0 Å². The number of aliphatic hydroxyl groups is 1. The minimum absolute atomic E-state index is 0.145. The van der Waals surface area contributed by atoms with Gasteiger partial charge in [-0.25, -0.2) is 0 Å². The molecule has 2 aromatic rings. The lowest BCUT2D eigenvalue weighted by Crippen LogP contribution is -2.33. The number of hydrogen-bond acceptors (Lipinski definition) is 5. The lowest BCUT2D eigenvalue weighted by Gasteiger charge is -2.13. The molecule has 3 rings (SSSR count). The first-order valence-corrected chi connectivity index (χ1v) is 6.59. The Labute approximate surface area is 111 Å². The number of hydrogen-bond donors (Lipinski definition) is 2. The Morgan fingerprint density at radius 3 is 2.79 bits per heavy atom. The highest BCUT2D eigenvalue weighted by Gasteiger charge is 2.30. The van der Waals surface area contributed by atoms with E-state index in [4.69, 9.17) is 4.52 Å².